The number of ether oxygens (including phenoxy) is 5. The molecule has 0 saturated heterocycles. The predicted molar refractivity (Wildman–Crippen MR) is 316 cm³/mol. The summed E-state index contributed by atoms with van der Waals surface area (Å²) in [5.74, 6) is -0.552. The minimum Gasteiger partial charge on any atom is -0.490 e. The molecule has 1 amide bonds. The Balaban J connectivity index is 1.03. The van der Waals surface area contributed by atoms with Crippen molar-refractivity contribution in [2.24, 2.45) is 16.6 Å². The fourth-order valence-corrected chi connectivity index (χ4v) is 11.7. The summed E-state index contributed by atoms with van der Waals surface area (Å²) in [5, 5.41) is 6.60. The van der Waals surface area contributed by atoms with Gasteiger partial charge in [-0.05, 0) is 146 Å². The number of carbonyl (C=O) groups is 3. The van der Waals surface area contributed by atoms with Crippen molar-refractivity contribution in [1.29, 1.82) is 0 Å². The number of sulfonamides is 1. The van der Waals surface area contributed by atoms with Gasteiger partial charge in [-0.1, -0.05) is 122 Å². The van der Waals surface area contributed by atoms with Crippen LogP contribution in [0, 0.1) is 26.7 Å². The number of Topliss-reactive ketones (excluding diaryl/α,β-unsaturated/α-hetero) is 1. The number of esters is 1. The average molecular weight is 1100 g/mol. The minimum absolute atomic E-state index is 0.00552. The van der Waals surface area contributed by atoms with Gasteiger partial charge in [0.25, 0.3) is 10.0 Å². The van der Waals surface area contributed by atoms with Crippen LogP contribution in [0.25, 0.3) is 38.7 Å². The highest BCUT2D eigenvalue weighted by atomic mass is 32.2. The van der Waals surface area contributed by atoms with Gasteiger partial charge in [0.2, 0.25) is 11.9 Å². The molecule has 15 heteroatoms. The van der Waals surface area contributed by atoms with Gasteiger partial charge >= 0.3 is 5.97 Å². The maximum atomic E-state index is 14.5. The molecule has 0 aliphatic carbocycles. The van der Waals surface area contributed by atoms with Gasteiger partial charge in [-0.15, -0.1) is 0 Å². The van der Waals surface area contributed by atoms with Gasteiger partial charge in [0.1, 0.15) is 54.5 Å². The normalized spacial score (nSPS) is 13.9. The van der Waals surface area contributed by atoms with Crippen molar-refractivity contribution >= 4 is 61.3 Å². The first-order valence-electron chi connectivity index (χ1n) is 26.8. The summed E-state index contributed by atoms with van der Waals surface area (Å²) in [6, 6.07) is 39.7. The molecule has 0 aromatic heterocycles. The van der Waals surface area contributed by atoms with Gasteiger partial charge in [-0.3, -0.25) is 14.6 Å². The summed E-state index contributed by atoms with van der Waals surface area (Å²) in [7, 11) is -2.94. The van der Waals surface area contributed by atoms with E-state index in [1.165, 1.54) is 7.11 Å². The number of rotatable bonds is 24. The number of benzene rings is 7. The molecule has 1 aliphatic rings. The minimum atomic E-state index is -4.18. The molecule has 8 rings (SSSR count). The lowest BCUT2D eigenvalue weighted by Gasteiger charge is -2.35. The van der Waals surface area contributed by atoms with Crippen LogP contribution in [0.5, 0.6) is 23.0 Å². The maximum Gasteiger partial charge on any atom is 0.328 e. The molecule has 14 nitrogen and oxygen atoms in total. The summed E-state index contributed by atoms with van der Waals surface area (Å²) in [6.07, 6.45) is 7.13. The third-order valence-corrected chi connectivity index (χ3v) is 16.0. The summed E-state index contributed by atoms with van der Waals surface area (Å²) in [4.78, 5) is 46.6. The van der Waals surface area contributed by atoms with Crippen LogP contribution in [0.3, 0.4) is 0 Å². The molecular formula is C65H70N4O10S. The Morgan fingerprint density at radius 3 is 2.08 bits per heavy atom. The molecule has 0 saturated carbocycles. The van der Waals surface area contributed by atoms with E-state index in [1.54, 1.807) is 44.2 Å². The van der Waals surface area contributed by atoms with Gasteiger partial charge in [0.05, 0.1) is 12.0 Å². The number of carbonyl (C=O) groups excluding carboxylic acids is 3. The van der Waals surface area contributed by atoms with Crippen LogP contribution in [0.2, 0.25) is 0 Å². The van der Waals surface area contributed by atoms with Crippen molar-refractivity contribution in [3.63, 3.8) is 0 Å². The molecular weight excluding hydrogens is 1030 g/mol. The lowest BCUT2D eigenvalue weighted by molar-refractivity contribution is -0.145. The van der Waals surface area contributed by atoms with Crippen LogP contribution in [-0.4, -0.2) is 77.2 Å². The third kappa shape index (κ3) is 14.1. The van der Waals surface area contributed by atoms with Crippen molar-refractivity contribution in [3.8, 4) is 34.1 Å². The fourth-order valence-electron chi connectivity index (χ4n) is 10.2. The second-order valence-electron chi connectivity index (χ2n) is 20.6. The quantitative estimate of drug-likeness (QED) is 0.0171. The maximum absolute atomic E-state index is 14.5. The van der Waals surface area contributed by atoms with E-state index < -0.39 is 40.5 Å². The number of guanidine groups is 1. The van der Waals surface area contributed by atoms with Crippen LogP contribution in [0.1, 0.15) is 72.9 Å². The summed E-state index contributed by atoms with van der Waals surface area (Å²) in [5.41, 5.74) is 11.9. The molecule has 80 heavy (non-hydrogen) atoms. The molecule has 1 heterocycles. The van der Waals surface area contributed by atoms with E-state index in [4.69, 9.17) is 29.4 Å². The van der Waals surface area contributed by atoms with Crippen molar-refractivity contribution < 1.29 is 46.5 Å². The standard InChI is InChI=1S/C65H70N4O10S/c1-8-37-76-51-30-26-46(27-31-51)39-55(63(72)75-7)68-62(71)49(23-16-36-67-64(66)69-80(73,74)61-43(3)42(2)60-52(44(61)4)34-35-65(5,6)79-60)40-50(70)41-78-57-33-29-48-22-13-15-25-54(48)59(57)58-53-24-14-12-21-47(53)28-32-56(58)77-38-17-20-45-18-10-9-11-19-45/h8-15,17-22,24-33,49,55H,1,16,23,34-41H2,2-7H3,(H,68,71)(H3,66,67,69)/b20-17+/t49-,55-/m0/s1. The van der Waals surface area contributed by atoms with Gasteiger partial charge in [-0.25, -0.2) is 17.9 Å². The second-order valence-corrected chi connectivity index (χ2v) is 22.2. The number of amides is 1. The van der Waals surface area contributed by atoms with Crippen LogP contribution >= 0.6 is 0 Å². The molecule has 2 atom stereocenters. The van der Waals surface area contributed by atoms with E-state index in [0.717, 1.165) is 61.3 Å². The monoisotopic (exact) mass is 1100 g/mol. The smallest absolute Gasteiger partial charge is 0.328 e. The summed E-state index contributed by atoms with van der Waals surface area (Å²) in [6.45, 7) is 13.3. The Labute approximate surface area is 469 Å². The van der Waals surface area contributed by atoms with Crippen LogP contribution in [0.4, 0.5) is 0 Å². The highest BCUT2D eigenvalue weighted by molar-refractivity contribution is 7.90. The van der Waals surface area contributed by atoms with Crippen molar-refractivity contribution in [2.75, 3.05) is 33.5 Å². The lowest BCUT2D eigenvalue weighted by Crippen LogP contribution is -2.46. The van der Waals surface area contributed by atoms with Crippen LogP contribution in [-0.2, 0) is 42.0 Å². The zero-order chi connectivity index (χ0) is 57.0. The summed E-state index contributed by atoms with van der Waals surface area (Å²) < 4.78 is 60.6. The number of hydrogen-bond acceptors (Lipinski definition) is 11. The first-order valence-corrected chi connectivity index (χ1v) is 28.3. The van der Waals surface area contributed by atoms with Crippen LogP contribution < -0.4 is 34.7 Å². The first kappa shape index (κ1) is 57.7. The largest absolute Gasteiger partial charge is 0.490 e. The Hall–Kier alpha value is -8.43. The number of methoxy groups -OCH3 is 1. The number of aliphatic imine (C=N–C) groups is 1. The molecule has 0 spiro atoms. The molecule has 7 aromatic carbocycles. The van der Waals surface area contributed by atoms with Crippen molar-refractivity contribution in [3.05, 3.63) is 180 Å². The molecule has 416 valence electrons. The number of hydrogen-bond donors (Lipinski definition) is 3. The molecule has 1 aliphatic heterocycles. The molecule has 0 radical (unpaired) electrons. The number of nitrogens with two attached hydrogens (primary N) is 1. The van der Waals surface area contributed by atoms with Gasteiger partial charge in [0, 0.05) is 36.4 Å². The van der Waals surface area contributed by atoms with E-state index in [0.29, 0.717) is 47.2 Å². The Bertz CT molecular complexity index is 3580. The lowest BCUT2D eigenvalue weighted by atomic mass is 9.88. The first-order chi connectivity index (χ1) is 38.5. The van der Waals surface area contributed by atoms with Gasteiger partial charge in [0.15, 0.2) is 5.78 Å². The fraction of sp³-hybridized carbons (Fsp3) is 0.292. The molecule has 0 bridgehead atoms. The molecule has 7 aromatic rings. The molecule has 0 unspecified atom stereocenters. The van der Waals surface area contributed by atoms with Crippen molar-refractivity contribution in [2.45, 2.75) is 89.7 Å². The second kappa shape index (κ2) is 26.0. The zero-order valence-electron chi connectivity index (χ0n) is 46.3. The Kier molecular flexibility index (Phi) is 18.8. The zero-order valence-corrected chi connectivity index (χ0v) is 47.1. The number of fused-ring (bicyclic) bond motifs is 3. The van der Waals surface area contributed by atoms with Gasteiger partial charge < -0.3 is 34.7 Å². The SMILES string of the molecule is C=CCOc1ccc(C[C@H](NC(=O)[C@@H](CCCN=C(N)NS(=O)(=O)c2c(C)c(C)c3c(c2C)CCC(C)(C)O3)CC(=O)COc2ccc3ccccc3c2-c2c(OC/C=C/c3ccccc3)ccc3ccccc23)C(=O)OC)cc1. The number of ketones is 1. The topological polar surface area (TPSA) is 194 Å². The number of nitrogens with one attached hydrogen (secondary N) is 2. The highest BCUT2D eigenvalue weighted by Gasteiger charge is 2.34. The third-order valence-electron chi connectivity index (χ3n) is 14.4. The van der Waals surface area contributed by atoms with E-state index in [-0.39, 0.29) is 61.1 Å². The highest BCUT2D eigenvalue weighted by Crippen LogP contribution is 2.46. The Morgan fingerprint density at radius 1 is 0.787 bits per heavy atom. The van der Waals surface area contributed by atoms with E-state index >= 15 is 0 Å². The van der Waals surface area contributed by atoms with Crippen molar-refractivity contribution in [1.82, 2.24) is 10.0 Å². The van der Waals surface area contributed by atoms with E-state index in [2.05, 4.69) is 21.6 Å². The summed E-state index contributed by atoms with van der Waals surface area (Å²) >= 11 is 0. The molecule has 0 fully saturated rings. The average Bonchev–Trinajstić information content (AvgIpc) is 3.63. The van der Waals surface area contributed by atoms with Crippen LogP contribution in [0.15, 0.2) is 156 Å². The number of nitrogens with zero attached hydrogens (tertiary/aromatic N) is 1. The Morgan fingerprint density at radius 2 is 1.43 bits per heavy atom. The van der Waals surface area contributed by atoms with E-state index in [1.807, 2.05) is 136 Å². The molecule has 4 N–H and O–H groups in total. The predicted octanol–water partition coefficient (Wildman–Crippen LogP) is 11.3. The van der Waals surface area contributed by atoms with Gasteiger partial charge in [-0.2, -0.15) is 0 Å². The van der Waals surface area contributed by atoms with E-state index in [9.17, 15) is 22.8 Å².